The molecule has 0 aromatic heterocycles. The van der Waals surface area contributed by atoms with Gasteiger partial charge < -0.3 is 0 Å². The van der Waals surface area contributed by atoms with Crippen molar-refractivity contribution in [3.8, 4) is 11.1 Å². The van der Waals surface area contributed by atoms with Gasteiger partial charge in [0.15, 0.2) is 0 Å². The molecule has 0 heteroatoms. The summed E-state index contributed by atoms with van der Waals surface area (Å²) in [7, 11) is 0. The van der Waals surface area contributed by atoms with Crippen LogP contribution in [0.15, 0.2) is 48.5 Å². The van der Waals surface area contributed by atoms with Crippen molar-refractivity contribution in [3.63, 3.8) is 0 Å². The van der Waals surface area contributed by atoms with Crippen molar-refractivity contribution in [2.75, 3.05) is 0 Å². The zero-order valence-corrected chi connectivity index (χ0v) is 23.0. The quantitative estimate of drug-likeness (QED) is 0.269. The maximum atomic E-state index is 2.42. The molecule has 0 bridgehead atoms. The minimum absolute atomic E-state index is 0.636. The van der Waals surface area contributed by atoms with Crippen LogP contribution >= 0.6 is 0 Å². The molecule has 0 radical (unpaired) electrons. The summed E-state index contributed by atoms with van der Waals surface area (Å²) in [5.74, 6) is 1.78. The minimum atomic E-state index is 0.636. The molecule has 0 N–H and O–H groups in total. The lowest BCUT2D eigenvalue weighted by atomic mass is 9.68. The van der Waals surface area contributed by atoms with Crippen molar-refractivity contribution >= 4 is 0 Å². The van der Waals surface area contributed by atoms with Gasteiger partial charge in [-0.3, -0.25) is 0 Å². The summed E-state index contributed by atoms with van der Waals surface area (Å²) in [4.78, 5) is 0. The molecule has 2 aromatic carbocycles. The van der Waals surface area contributed by atoms with E-state index in [1.165, 1.54) is 132 Å². The lowest BCUT2D eigenvalue weighted by molar-refractivity contribution is 0.153. The molecule has 2 aliphatic carbocycles. The lowest BCUT2D eigenvalue weighted by Gasteiger charge is -2.38. The third-order valence-corrected chi connectivity index (χ3v) is 9.65. The highest BCUT2D eigenvalue weighted by atomic mass is 14.4. The normalized spacial score (nSPS) is 22.2. The lowest BCUT2D eigenvalue weighted by Crippen LogP contribution is -2.25. The Balaban J connectivity index is 1.28. The van der Waals surface area contributed by atoms with Gasteiger partial charge in [0.25, 0.3) is 0 Å². The molecular weight excluding hydrogens is 420 g/mol. The molecule has 2 aromatic rings. The fraction of sp³-hybridized carbons (Fsp3) is 0.657. The van der Waals surface area contributed by atoms with Crippen LogP contribution in [0.5, 0.6) is 0 Å². The van der Waals surface area contributed by atoms with Crippen LogP contribution in [0.2, 0.25) is 0 Å². The van der Waals surface area contributed by atoms with Crippen LogP contribution in [-0.2, 0) is 6.42 Å². The standard InChI is InChI=1S/C35H52/c1-3-5-8-11-29-12-16-31(17-13-29)33-20-22-34(23-21-33)32-18-14-30(15-19-32)24-28-35(25-6-4-2)26-9-7-10-27-35/h14-15,18-23,29,31H,3-13,16-17,24-28H2,1-2H3/t29-,31-. The van der Waals surface area contributed by atoms with E-state index in [0.717, 1.165) is 11.8 Å². The van der Waals surface area contributed by atoms with Crippen molar-refractivity contribution in [2.24, 2.45) is 11.3 Å². The van der Waals surface area contributed by atoms with Crippen molar-refractivity contribution in [1.82, 2.24) is 0 Å². The van der Waals surface area contributed by atoms with Crippen LogP contribution in [0.4, 0.5) is 0 Å². The van der Waals surface area contributed by atoms with Crippen molar-refractivity contribution in [3.05, 3.63) is 59.7 Å². The fourth-order valence-electron chi connectivity index (χ4n) is 7.17. The molecule has 0 amide bonds. The molecule has 2 aliphatic rings. The zero-order chi connectivity index (χ0) is 24.3. The summed E-state index contributed by atoms with van der Waals surface area (Å²) in [6, 6.07) is 19.1. The fourth-order valence-corrected chi connectivity index (χ4v) is 7.17. The number of benzene rings is 2. The Morgan fingerprint density at radius 2 is 1.29 bits per heavy atom. The first-order chi connectivity index (χ1) is 17.2. The van der Waals surface area contributed by atoms with Gasteiger partial charge in [0, 0.05) is 0 Å². The van der Waals surface area contributed by atoms with E-state index >= 15 is 0 Å². The summed E-state index contributed by atoms with van der Waals surface area (Å²) >= 11 is 0. The Kier molecular flexibility index (Phi) is 10.3. The Bertz CT molecular complexity index is 829. The van der Waals surface area contributed by atoms with Crippen molar-refractivity contribution in [2.45, 2.75) is 135 Å². The molecule has 0 unspecified atom stereocenters. The highest BCUT2D eigenvalue weighted by Gasteiger charge is 2.30. The molecule has 192 valence electrons. The van der Waals surface area contributed by atoms with Crippen LogP contribution in [0.1, 0.15) is 140 Å². The summed E-state index contributed by atoms with van der Waals surface area (Å²) in [6.07, 6.45) is 25.5. The number of unbranched alkanes of at least 4 members (excludes halogenated alkanes) is 3. The third-order valence-electron chi connectivity index (χ3n) is 9.65. The van der Waals surface area contributed by atoms with Crippen LogP contribution in [-0.4, -0.2) is 0 Å². The van der Waals surface area contributed by atoms with Gasteiger partial charge in [0.05, 0.1) is 0 Å². The van der Waals surface area contributed by atoms with E-state index in [1.807, 2.05) is 0 Å². The van der Waals surface area contributed by atoms with Crippen molar-refractivity contribution in [1.29, 1.82) is 0 Å². The second-order valence-electron chi connectivity index (χ2n) is 12.2. The van der Waals surface area contributed by atoms with Crippen LogP contribution < -0.4 is 0 Å². The first-order valence-electron chi connectivity index (χ1n) is 15.4. The first-order valence-corrected chi connectivity index (χ1v) is 15.4. The van der Waals surface area contributed by atoms with E-state index in [2.05, 4.69) is 62.4 Å². The zero-order valence-electron chi connectivity index (χ0n) is 23.0. The summed E-state index contributed by atoms with van der Waals surface area (Å²) in [5, 5.41) is 0. The highest BCUT2D eigenvalue weighted by Crippen LogP contribution is 2.44. The monoisotopic (exact) mass is 472 g/mol. The molecule has 4 rings (SSSR count). The highest BCUT2D eigenvalue weighted by molar-refractivity contribution is 5.64. The van der Waals surface area contributed by atoms with Gasteiger partial charge in [-0.2, -0.15) is 0 Å². The number of hydrogen-bond acceptors (Lipinski definition) is 0. The maximum Gasteiger partial charge on any atom is -0.0162 e. The molecular formula is C35H52. The second-order valence-corrected chi connectivity index (χ2v) is 12.2. The second kappa shape index (κ2) is 13.7. The maximum absolute atomic E-state index is 2.42. The van der Waals surface area contributed by atoms with Crippen LogP contribution in [0, 0.1) is 11.3 Å². The van der Waals surface area contributed by atoms with E-state index in [0.29, 0.717) is 5.41 Å². The topological polar surface area (TPSA) is 0 Å². The van der Waals surface area contributed by atoms with E-state index in [9.17, 15) is 0 Å². The average molecular weight is 473 g/mol. The van der Waals surface area contributed by atoms with Gasteiger partial charge >= 0.3 is 0 Å². The number of hydrogen-bond donors (Lipinski definition) is 0. The van der Waals surface area contributed by atoms with Crippen LogP contribution in [0.3, 0.4) is 0 Å². The smallest absolute Gasteiger partial charge is 0.0162 e. The molecule has 0 nitrogen and oxygen atoms in total. The predicted octanol–water partition coefficient (Wildman–Crippen LogP) is 11.3. The Morgan fingerprint density at radius 3 is 1.91 bits per heavy atom. The first kappa shape index (κ1) is 26.5. The van der Waals surface area contributed by atoms with E-state index in [4.69, 9.17) is 0 Å². The molecule has 35 heavy (non-hydrogen) atoms. The summed E-state index contributed by atoms with van der Waals surface area (Å²) < 4.78 is 0. The minimum Gasteiger partial charge on any atom is -0.0654 e. The SMILES string of the molecule is CCCCC[C@H]1CC[C@H](c2ccc(-c3ccc(CCC4(CCCC)CCCCC4)cc3)cc2)CC1. The summed E-state index contributed by atoms with van der Waals surface area (Å²) in [5.41, 5.74) is 6.49. The van der Waals surface area contributed by atoms with Gasteiger partial charge in [0.1, 0.15) is 0 Å². The van der Waals surface area contributed by atoms with Crippen molar-refractivity contribution < 1.29 is 0 Å². The van der Waals surface area contributed by atoms with Crippen LogP contribution in [0.25, 0.3) is 11.1 Å². The summed E-state index contributed by atoms with van der Waals surface area (Å²) in [6.45, 7) is 4.66. The molecule has 0 spiro atoms. The molecule has 0 heterocycles. The Labute approximate surface area is 217 Å². The largest absolute Gasteiger partial charge is 0.0654 e. The molecule has 2 saturated carbocycles. The Morgan fingerprint density at radius 1 is 0.657 bits per heavy atom. The van der Waals surface area contributed by atoms with Gasteiger partial charge in [-0.1, -0.05) is 120 Å². The van der Waals surface area contributed by atoms with Gasteiger partial charge in [-0.15, -0.1) is 0 Å². The van der Waals surface area contributed by atoms with E-state index < -0.39 is 0 Å². The molecule has 0 atom stereocenters. The Hall–Kier alpha value is -1.56. The predicted molar refractivity (Wildman–Crippen MR) is 154 cm³/mol. The van der Waals surface area contributed by atoms with E-state index in [1.54, 1.807) is 5.56 Å². The average Bonchev–Trinajstić information content (AvgIpc) is 2.92. The number of aryl methyl sites for hydroxylation is 1. The van der Waals surface area contributed by atoms with Gasteiger partial charge in [-0.05, 0) is 97.3 Å². The van der Waals surface area contributed by atoms with Gasteiger partial charge in [0.2, 0.25) is 0 Å². The molecule has 0 aliphatic heterocycles. The molecule has 0 saturated heterocycles. The van der Waals surface area contributed by atoms with Gasteiger partial charge in [-0.25, -0.2) is 0 Å². The molecule has 2 fully saturated rings. The third kappa shape index (κ3) is 7.71. The van der Waals surface area contributed by atoms with E-state index in [-0.39, 0.29) is 0 Å². The number of rotatable bonds is 12.